The minimum atomic E-state index is -0.159. The van der Waals surface area contributed by atoms with E-state index in [1.807, 2.05) is 89.3 Å². The summed E-state index contributed by atoms with van der Waals surface area (Å²) in [4.78, 5) is 31.5. The number of aliphatic imine (C=N–C) groups is 1. The first-order chi connectivity index (χ1) is 20.9. The summed E-state index contributed by atoms with van der Waals surface area (Å²) in [7, 11) is 5.23. The van der Waals surface area contributed by atoms with Gasteiger partial charge < -0.3 is 4.90 Å². The topological polar surface area (TPSA) is 53.0 Å². The number of nitrogens with zero attached hydrogens (tertiary/aromatic N) is 3. The Morgan fingerprint density at radius 1 is 1.00 bits per heavy atom. The lowest BCUT2D eigenvalue weighted by atomic mass is 9.94. The zero-order chi connectivity index (χ0) is 33.6. The summed E-state index contributed by atoms with van der Waals surface area (Å²) >= 11 is 6.16. The second-order valence-electron chi connectivity index (χ2n) is 10.6. The van der Waals surface area contributed by atoms with Crippen molar-refractivity contribution in [2.45, 2.75) is 61.3 Å². The Kier molecular flexibility index (Phi) is 16.1. The second-order valence-corrected chi connectivity index (χ2v) is 11.0. The maximum atomic E-state index is 12.2. The molecule has 0 saturated carbocycles. The highest BCUT2D eigenvalue weighted by molar-refractivity contribution is 6.34. The number of ketones is 1. The van der Waals surface area contributed by atoms with Crippen molar-refractivity contribution in [1.82, 2.24) is 4.90 Å². The number of aryl methyl sites for hydroxylation is 1. The van der Waals surface area contributed by atoms with Gasteiger partial charge >= 0.3 is 6.03 Å². The maximum Gasteiger partial charge on any atom is 0.328 e. The lowest BCUT2D eigenvalue weighted by molar-refractivity contribution is -0.112. The highest BCUT2D eigenvalue weighted by Gasteiger charge is 2.15. The van der Waals surface area contributed by atoms with Crippen LogP contribution in [0, 0.1) is 12.8 Å². The molecule has 0 saturated heterocycles. The number of urea groups is 1. The molecule has 0 atom stereocenters. The van der Waals surface area contributed by atoms with E-state index in [-0.39, 0.29) is 17.7 Å². The van der Waals surface area contributed by atoms with Crippen molar-refractivity contribution in [2.75, 3.05) is 26.0 Å². The molecule has 0 spiro atoms. The van der Waals surface area contributed by atoms with Crippen molar-refractivity contribution >= 4 is 47.0 Å². The molecule has 6 heteroatoms. The van der Waals surface area contributed by atoms with Crippen LogP contribution in [0.1, 0.15) is 65.5 Å². The largest absolute Gasteiger partial charge is 0.330 e. The molecule has 2 amide bonds. The first-order valence-corrected chi connectivity index (χ1v) is 15.5. The average Bonchev–Trinajstić information content (AvgIpc) is 2.99. The van der Waals surface area contributed by atoms with Crippen molar-refractivity contribution in [3.63, 3.8) is 0 Å². The van der Waals surface area contributed by atoms with Gasteiger partial charge in [-0.2, -0.15) is 0 Å². The van der Waals surface area contributed by atoms with Gasteiger partial charge in [-0.15, -0.1) is 0 Å². The number of carbonyl (C=O) groups is 2. The van der Waals surface area contributed by atoms with Crippen LogP contribution in [-0.2, 0) is 4.79 Å². The number of hydrogen-bond acceptors (Lipinski definition) is 3. The van der Waals surface area contributed by atoms with Gasteiger partial charge in [0.15, 0.2) is 5.78 Å². The molecule has 3 rings (SSSR count). The van der Waals surface area contributed by atoms with Crippen LogP contribution >= 0.6 is 11.6 Å². The Bertz CT molecular complexity index is 1530. The molecule has 0 N–H and O–H groups in total. The van der Waals surface area contributed by atoms with Gasteiger partial charge in [0.25, 0.3) is 0 Å². The van der Waals surface area contributed by atoms with Crippen LogP contribution in [0.25, 0.3) is 23.3 Å². The fourth-order valence-corrected chi connectivity index (χ4v) is 5.18. The molecule has 3 aromatic carbocycles. The second kappa shape index (κ2) is 18.6. The Balaban J connectivity index is 0.000000507. The molecular weight excluding hydrogens is 566 g/mol. The summed E-state index contributed by atoms with van der Waals surface area (Å²) in [6.07, 6.45) is 3.59. The summed E-state index contributed by atoms with van der Waals surface area (Å²) in [6, 6.07) is 19.5. The van der Waals surface area contributed by atoms with Crippen molar-refractivity contribution in [1.29, 1.82) is 0 Å². The van der Waals surface area contributed by atoms with Crippen molar-refractivity contribution in [2.24, 2.45) is 10.9 Å². The van der Waals surface area contributed by atoms with Crippen LogP contribution in [0.2, 0.25) is 5.02 Å². The minimum Gasteiger partial charge on any atom is -0.330 e. The molecule has 44 heavy (non-hydrogen) atoms. The average molecular weight is 616 g/mol. The maximum absolute atomic E-state index is 12.2. The molecule has 0 aliphatic heterocycles. The van der Waals surface area contributed by atoms with Gasteiger partial charge in [0, 0.05) is 49.2 Å². The normalized spacial score (nSPS) is 11.4. The molecule has 0 bridgehead atoms. The number of Topliss-reactive ketones (excluding diaryl/α,β-unsaturated/α-hetero) is 1. The van der Waals surface area contributed by atoms with Crippen LogP contribution in [-0.4, -0.2) is 43.6 Å². The fourth-order valence-electron chi connectivity index (χ4n) is 4.85. The number of rotatable bonds is 8. The molecule has 0 radical (unpaired) electrons. The van der Waals surface area contributed by atoms with E-state index >= 15 is 0 Å². The Morgan fingerprint density at radius 2 is 1.59 bits per heavy atom. The van der Waals surface area contributed by atoms with Crippen molar-refractivity contribution in [3.8, 4) is 11.1 Å². The van der Waals surface area contributed by atoms with E-state index in [2.05, 4.69) is 38.1 Å². The Labute approximate surface area is 270 Å². The third-order valence-corrected chi connectivity index (χ3v) is 7.18. The molecule has 0 aliphatic carbocycles. The zero-order valence-corrected chi connectivity index (χ0v) is 29.0. The van der Waals surface area contributed by atoms with Gasteiger partial charge in [-0.05, 0) is 77.6 Å². The summed E-state index contributed by atoms with van der Waals surface area (Å²) in [5.41, 5.74) is 6.98. The monoisotopic (exact) mass is 615 g/mol. The predicted octanol–water partition coefficient (Wildman–Crippen LogP) is 8.68. The molecule has 0 heterocycles. The van der Waals surface area contributed by atoms with Gasteiger partial charge in [0.05, 0.1) is 5.69 Å². The molecule has 3 aromatic rings. The van der Waals surface area contributed by atoms with Crippen LogP contribution in [0.15, 0.2) is 78.4 Å². The van der Waals surface area contributed by atoms with Gasteiger partial charge in [-0.25, -0.2) is 4.79 Å². The molecule has 0 unspecified atom stereocenters. The van der Waals surface area contributed by atoms with Gasteiger partial charge in [-0.1, -0.05) is 102 Å². The highest BCUT2D eigenvalue weighted by atomic mass is 35.5. The minimum absolute atomic E-state index is 0.0760. The number of halogens is 1. The van der Waals surface area contributed by atoms with Crippen LogP contribution in [0.5, 0.6) is 0 Å². The lowest BCUT2D eigenvalue weighted by Crippen LogP contribution is -2.35. The SMILES string of the molecule is C=CN(C(=O)N(C)C)c1ccc(-c2cc/c(=C(\C(C)=O)C(C)C)c(=C)c2)cc1.CC.CCCC(=NC)c1c(C)cccc1Cl. The number of amides is 2. The Morgan fingerprint density at radius 3 is 2.02 bits per heavy atom. The van der Waals surface area contributed by atoms with E-state index in [1.165, 1.54) is 21.6 Å². The van der Waals surface area contributed by atoms with Crippen LogP contribution < -0.4 is 15.3 Å². The van der Waals surface area contributed by atoms with Crippen LogP contribution in [0.4, 0.5) is 10.5 Å². The quantitative estimate of drug-likeness (QED) is 0.238. The van der Waals surface area contributed by atoms with Crippen molar-refractivity contribution < 1.29 is 9.59 Å². The third kappa shape index (κ3) is 10.1. The van der Waals surface area contributed by atoms with E-state index < -0.39 is 0 Å². The molecular formula is C38H50ClN3O2. The third-order valence-electron chi connectivity index (χ3n) is 6.87. The molecule has 0 aliphatic rings. The lowest BCUT2D eigenvalue weighted by Gasteiger charge is -2.22. The fraction of sp³-hybridized carbons (Fsp3) is 0.342. The van der Waals surface area contributed by atoms with E-state index in [0.717, 1.165) is 62.0 Å². The first kappa shape index (κ1) is 38.1. The van der Waals surface area contributed by atoms with Crippen molar-refractivity contribution in [3.05, 3.63) is 100 Å². The van der Waals surface area contributed by atoms with E-state index in [0.29, 0.717) is 0 Å². The standard InChI is InChI=1S/C24H28N2O2.C12H16ClN.C2H6/c1-8-26(24(28)25(6)7)21-12-9-19(10-13-21)20-11-14-22(17(4)15-20)23(16(2)3)18(5)27;1-4-6-11(14-3)12-9(2)7-5-8-10(12)13;1-2/h8-16H,1,4H2,2-3,5-7H3;5,7-8H,4,6H2,1-3H3;1-2H3/b23-22+;;. The molecule has 236 valence electrons. The summed E-state index contributed by atoms with van der Waals surface area (Å²) in [5.74, 6) is 0.217. The summed E-state index contributed by atoms with van der Waals surface area (Å²) < 4.78 is 0. The highest BCUT2D eigenvalue weighted by Crippen LogP contribution is 2.24. The molecule has 5 nitrogen and oxygen atoms in total. The van der Waals surface area contributed by atoms with Gasteiger partial charge in [0.2, 0.25) is 0 Å². The summed E-state index contributed by atoms with van der Waals surface area (Å²) in [6.45, 7) is 21.7. The Hall–Kier alpha value is -3.96. The number of hydrogen-bond donors (Lipinski definition) is 0. The number of anilines is 1. The van der Waals surface area contributed by atoms with E-state index in [4.69, 9.17) is 11.6 Å². The molecule has 0 aromatic heterocycles. The van der Waals surface area contributed by atoms with Gasteiger partial charge in [-0.3, -0.25) is 14.7 Å². The van der Waals surface area contributed by atoms with Crippen LogP contribution in [0.3, 0.4) is 0 Å². The number of carbonyl (C=O) groups excluding carboxylic acids is 2. The van der Waals surface area contributed by atoms with E-state index in [1.54, 1.807) is 21.0 Å². The smallest absolute Gasteiger partial charge is 0.328 e. The van der Waals surface area contributed by atoms with E-state index in [9.17, 15) is 9.59 Å². The molecule has 0 fully saturated rings. The zero-order valence-electron chi connectivity index (χ0n) is 28.3. The summed E-state index contributed by atoms with van der Waals surface area (Å²) in [5, 5.41) is 2.53. The number of benzene rings is 3. The first-order valence-electron chi connectivity index (χ1n) is 15.2. The van der Waals surface area contributed by atoms with Gasteiger partial charge in [0.1, 0.15) is 0 Å². The predicted molar refractivity (Wildman–Crippen MR) is 192 cm³/mol.